The van der Waals surface area contributed by atoms with Crippen LogP contribution in [-0.2, 0) is 6.42 Å². The number of hydrogen-bond donors (Lipinski definition) is 1. The van der Waals surface area contributed by atoms with Crippen LogP contribution in [0.3, 0.4) is 0 Å². The monoisotopic (exact) mass is 282 g/mol. The van der Waals surface area contributed by atoms with Crippen molar-refractivity contribution in [2.24, 2.45) is 0 Å². The van der Waals surface area contributed by atoms with E-state index in [1.807, 2.05) is 13.1 Å². The second-order valence-corrected chi connectivity index (χ2v) is 6.08. The molecule has 0 spiro atoms. The van der Waals surface area contributed by atoms with Crippen LogP contribution in [0.25, 0.3) is 10.2 Å². The number of benzene rings is 2. The van der Waals surface area contributed by atoms with Gasteiger partial charge in [0, 0.05) is 12.5 Å². The van der Waals surface area contributed by atoms with E-state index >= 15 is 0 Å². The Kier molecular flexibility index (Phi) is 3.81. The summed E-state index contributed by atoms with van der Waals surface area (Å²) in [5.41, 5.74) is 3.81. The van der Waals surface area contributed by atoms with Crippen molar-refractivity contribution in [3.8, 4) is 0 Å². The first kappa shape index (κ1) is 13.3. The van der Waals surface area contributed by atoms with Crippen LogP contribution in [0.5, 0.6) is 0 Å². The van der Waals surface area contributed by atoms with Gasteiger partial charge in [-0.15, -0.1) is 11.3 Å². The van der Waals surface area contributed by atoms with Gasteiger partial charge in [-0.1, -0.05) is 36.4 Å². The lowest BCUT2D eigenvalue weighted by molar-refractivity contribution is 0.646. The van der Waals surface area contributed by atoms with Crippen LogP contribution in [0.4, 0.5) is 0 Å². The molecule has 1 N–H and O–H groups in total. The standard InChI is InChI=1S/C17H18N2S/c1-12(18-2)14-8-4-3-7-13(14)11-17-19-15-9-5-6-10-16(15)20-17/h3-10,12,18H,11H2,1-2H3. The van der Waals surface area contributed by atoms with Crippen LogP contribution >= 0.6 is 11.3 Å². The summed E-state index contributed by atoms with van der Waals surface area (Å²) < 4.78 is 1.27. The molecule has 0 radical (unpaired) electrons. The van der Waals surface area contributed by atoms with E-state index in [1.54, 1.807) is 11.3 Å². The molecule has 102 valence electrons. The highest BCUT2D eigenvalue weighted by Gasteiger charge is 2.11. The van der Waals surface area contributed by atoms with Crippen LogP contribution < -0.4 is 5.32 Å². The van der Waals surface area contributed by atoms with Gasteiger partial charge in [0.15, 0.2) is 0 Å². The van der Waals surface area contributed by atoms with Crippen molar-refractivity contribution >= 4 is 21.6 Å². The highest BCUT2D eigenvalue weighted by atomic mass is 32.1. The Morgan fingerprint density at radius 1 is 1.10 bits per heavy atom. The second kappa shape index (κ2) is 5.73. The summed E-state index contributed by atoms with van der Waals surface area (Å²) in [6, 6.07) is 17.3. The fourth-order valence-corrected chi connectivity index (χ4v) is 3.42. The smallest absolute Gasteiger partial charge is 0.0982 e. The predicted molar refractivity (Wildman–Crippen MR) is 86.3 cm³/mol. The largest absolute Gasteiger partial charge is 0.313 e. The maximum Gasteiger partial charge on any atom is 0.0982 e. The molecule has 0 aliphatic heterocycles. The minimum atomic E-state index is 0.362. The topological polar surface area (TPSA) is 24.9 Å². The van der Waals surface area contributed by atoms with Gasteiger partial charge < -0.3 is 5.32 Å². The van der Waals surface area contributed by atoms with Crippen LogP contribution in [0.15, 0.2) is 48.5 Å². The summed E-state index contributed by atoms with van der Waals surface area (Å²) in [5, 5.41) is 4.50. The Morgan fingerprint density at radius 3 is 2.65 bits per heavy atom. The van der Waals surface area contributed by atoms with Crippen LogP contribution in [0, 0.1) is 0 Å². The third kappa shape index (κ3) is 2.60. The lowest BCUT2D eigenvalue weighted by Gasteiger charge is -2.15. The number of para-hydroxylation sites is 1. The zero-order valence-corrected chi connectivity index (χ0v) is 12.6. The van der Waals surface area contributed by atoms with Gasteiger partial charge in [-0.05, 0) is 37.2 Å². The zero-order valence-electron chi connectivity index (χ0n) is 11.8. The van der Waals surface area contributed by atoms with Crippen LogP contribution in [-0.4, -0.2) is 12.0 Å². The van der Waals surface area contributed by atoms with Gasteiger partial charge in [-0.25, -0.2) is 4.98 Å². The molecule has 1 aromatic heterocycles. The molecule has 3 heteroatoms. The molecule has 3 aromatic rings. The van der Waals surface area contributed by atoms with Gasteiger partial charge in [-0.2, -0.15) is 0 Å². The summed E-state index contributed by atoms with van der Waals surface area (Å²) in [7, 11) is 2.00. The lowest BCUT2D eigenvalue weighted by atomic mass is 9.99. The highest BCUT2D eigenvalue weighted by Crippen LogP contribution is 2.26. The van der Waals surface area contributed by atoms with Crippen molar-refractivity contribution in [2.75, 3.05) is 7.05 Å². The molecule has 2 nitrogen and oxygen atoms in total. The van der Waals surface area contributed by atoms with E-state index in [0.29, 0.717) is 6.04 Å². The number of nitrogens with zero attached hydrogens (tertiary/aromatic N) is 1. The first-order chi connectivity index (χ1) is 9.78. The van der Waals surface area contributed by atoms with Crippen molar-refractivity contribution in [1.82, 2.24) is 10.3 Å². The number of thiazole rings is 1. The minimum absolute atomic E-state index is 0.362. The van der Waals surface area contributed by atoms with E-state index < -0.39 is 0 Å². The van der Waals surface area contributed by atoms with Crippen molar-refractivity contribution in [1.29, 1.82) is 0 Å². The van der Waals surface area contributed by atoms with Gasteiger partial charge in [0.1, 0.15) is 0 Å². The molecule has 1 heterocycles. The Hall–Kier alpha value is -1.71. The van der Waals surface area contributed by atoms with Crippen molar-refractivity contribution in [2.45, 2.75) is 19.4 Å². The van der Waals surface area contributed by atoms with Gasteiger partial charge in [0.05, 0.1) is 15.2 Å². The Bertz CT molecular complexity index is 685. The van der Waals surface area contributed by atoms with Gasteiger partial charge in [-0.3, -0.25) is 0 Å². The maximum atomic E-state index is 4.73. The fraction of sp³-hybridized carbons (Fsp3) is 0.235. The molecule has 0 aliphatic rings. The number of aromatic nitrogens is 1. The molecule has 0 fully saturated rings. The highest BCUT2D eigenvalue weighted by molar-refractivity contribution is 7.18. The number of fused-ring (bicyclic) bond motifs is 1. The molecule has 0 saturated carbocycles. The Labute approximate surface area is 123 Å². The molecule has 1 unspecified atom stereocenters. The Balaban J connectivity index is 1.94. The molecule has 2 aromatic carbocycles. The van der Waals surface area contributed by atoms with E-state index in [0.717, 1.165) is 11.9 Å². The van der Waals surface area contributed by atoms with E-state index in [9.17, 15) is 0 Å². The van der Waals surface area contributed by atoms with Crippen molar-refractivity contribution < 1.29 is 0 Å². The van der Waals surface area contributed by atoms with E-state index in [-0.39, 0.29) is 0 Å². The molecule has 0 amide bonds. The summed E-state index contributed by atoms with van der Waals surface area (Å²) in [6.45, 7) is 2.19. The van der Waals surface area contributed by atoms with Gasteiger partial charge in [0.2, 0.25) is 0 Å². The predicted octanol–water partition coefficient (Wildman–Crippen LogP) is 4.17. The summed E-state index contributed by atoms with van der Waals surface area (Å²) in [4.78, 5) is 4.73. The SMILES string of the molecule is CNC(C)c1ccccc1Cc1nc2ccccc2s1. The van der Waals surface area contributed by atoms with Crippen LogP contribution in [0.2, 0.25) is 0 Å². The van der Waals surface area contributed by atoms with Gasteiger partial charge >= 0.3 is 0 Å². The minimum Gasteiger partial charge on any atom is -0.313 e. The number of hydrogen-bond acceptors (Lipinski definition) is 3. The molecule has 0 aliphatic carbocycles. The molecule has 3 rings (SSSR count). The van der Waals surface area contributed by atoms with Crippen molar-refractivity contribution in [3.63, 3.8) is 0 Å². The molecule has 0 bridgehead atoms. The maximum absolute atomic E-state index is 4.73. The average Bonchev–Trinajstić information content (AvgIpc) is 2.89. The van der Waals surface area contributed by atoms with Crippen LogP contribution in [0.1, 0.15) is 29.1 Å². The summed E-state index contributed by atoms with van der Waals surface area (Å²) in [6.07, 6.45) is 0.904. The van der Waals surface area contributed by atoms with Gasteiger partial charge in [0.25, 0.3) is 0 Å². The third-order valence-electron chi connectivity index (χ3n) is 3.63. The molecular weight excluding hydrogens is 264 g/mol. The molecular formula is C17H18N2S. The van der Waals surface area contributed by atoms with E-state index in [4.69, 9.17) is 4.98 Å². The zero-order chi connectivity index (χ0) is 13.9. The third-order valence-corrected chi connectivity index (χ3v) is 4.67. The lowest BCUT2D eigenvalue weighted by Crippen LogP contribution is -2.14. The number of rotatable bonds is 4. The molecule has 1 atom stereocenters. The average molecular weight is 282 g/mol. The molecule has 20 heavy (non-hydrogen) atoms. The first-order valence-electron chi connectivity index (χ1n) is 6.87. The second-order valence-electron chi connectivity index (χ2n) is 4.96. The fourth-order valence-electron chi connectivity index (χ4n) is 2.43. The summed E-state index contributed by atoms with van der Waals surface area (Å²) >= 11 is 1.79. The summed E-state index contributed by atoms with van der Waals surface area (Å²) in [5.74, 6) is 0. The van der Waals surface area contributed by atoms with E-state index in [1.165, 1.54) is 20.8 Å². The normalized spacial score (nSPS) is 12.7. The van der Waals surface area contributed by atoms with E-state index in [2.05, 4.69) is 54.7 Å². The Morgan fingerprint density at radius 2 is 1.85 bits per heavy atom. The van der Waals surface area contributed by atoms with Crippen molar-refractivity contribution in [3.05, 3.63) is 64.7 Å². The molecule has 0 saturated heterocycles. The first-order valence-corrected chi connectivity index (χ1v) is 7.69. The quantitative estimate of drug-likeness (QED) is 0.777. The number of nitrogens with one attached hydrogen (secondary N) is 1.